The number of carbonyl (C=O) groups is 1. The summed E-state index contributed by atoms with van der Waals surface area (Å²) in [6, 6.07) is 3.92. The molecule has 0 amide bonds. The van der Waals surface area contributed by atoms with E-state index in [-0.39, 0.29) is 6.04 Å². The number of carboxylic acid groups (broad SMARTS) is 1. The van der Waals surface area contributed by atoms with Gasteiger partial charge in [0.2, 0.25) is 0 Å². The SMILES string of the molecule is Cc1ccc(CN2CCCC[C@H]2C(=O)O)s1. The summed E-state index contributed by atoms with van der Waals surface area (Å²) in [6.07, 6.45) is 2.95. The Hall–Kier alpha value is -0.870. The zero-order chi connectivity index (χ0) is 11.5. The van der Waals surface area contributed by atoms with E-state index in [1.807, 2.05) is 0 Å². The quantitative estimate of drug-likeness (QED) is 0.881. The summed E-state index contributed by atoms with van der Waals surface area (Å²) in [7, 11) is 0. The summed E-state index contributed by atoms with van der Waals surface area (Å²) >= 11 is 1.76. The summed E-state index contributed by atoms with van der Waals surface area (Å²) in [5.74, 6) is -0.673. The summed E-state index contributed by atoms with van der Waals surface area (Å²) in [4.78, 5) is 15.8. The van der Waals surface area contributed by atoms with Crippen LogP contribution in [0.4, 0.5) is 0 Å². The molecule has 0 unspecified atom stereocenters. The fraction of sp³-hybridized carbons (Fsp3) is 0.583. The third-order valence-corrected chi connectivity index (χ3v) is 4.04. The number of rotatable bonds is 3. The van der Waals surface area contributed by atoms with Gasteiger partial charge in [0.1, 0.15) is 6.04 Å². The first-order valence-corrected chi connectivity index (χ1v) is 6.50. The van der Waals surface area contributed by atoms with E-state index in [1.54, 1.807) is 11.3 Å². The molecular weight excluding hydrogens is 222 g/mol. The first-order valence-electron chi connectivity index (χ1n) is 5.69. The van der Waals surface area contributed by atoms with Crippen molar-refractivity contribution in [2.45, 2.75) is 38.8 Å². The molecule has 2 heterocycles. The molecule has 1 saturated heterocycles. The normalized spacial score (nSPS) is 22.2. The Balaban J connectivity index is 2.03. The lowest BCUT2D eigenvalue weighted by Gasteiger charge is -2.32. The van der Waals surface area contributed by atoms with Gasteiger partial charge in [0, 0.05) is 16.3 Å². The minimum Gasteiger partial charge on any atom is -0.480 e. The Morgan fingerprint density at radius 2 is 2.38 bits per heavy atom. The van der Waals surface area contributed by atoms with Gasteiger partial charge < -0.3 is 5.11 Å². The van der Waals surface area contributed by atoms with Crippen LogP contribution in [0.25, 0.3) is 0 Å². The topological polar surface area (TPSA) is 40.5 Å². The van der Waals surface area contributed by atoms with Gasteiger partial charge in [-0.15, -0.1) is 11.3 Å². The molecule has 2 rings (SSSR count). The predicted octanol–water partition coefficient (Wildman–Crippen LogP) is 2.50. The van der Waals surface area contributed by atoms with E-state index in [4.69, 9.17) is 5.11 Å². The van der Waals surface area contributed by atoms with E-state index < -0.39 is 5.97 Å². The third-order valence-electron chi connectivity index (χ3n) is 3.05. The van der Waals surface area contributed by atoms with E-state index in [9.17, 15) is 4.79 Å². The van der Waals surface area contributed by atoms with Gasteiger partial charge in [-0.3, -0.25) is 9.69 Å². The maximum atomic E-state index is 11.1. The number of hydrogen-bond donors (Lipinski definition) is 1. The van der Waals surface area contributed by atoms with Gasteiger partial charge in [-0.05, 0) is 38.4 Å². The van der Waals surface area contributed by atoms with Crippen LogP contribution in [0.2, 0.25) is 0 Å². The number of hydrogen-bond acceptors (Lipinski definition) is 3. The van der Waals surface area contributed by atoms with Crippen LogP contribution in [0.1, 0.15) is 29.0 Å². The molecule has 0 spiro atoms. The van der Waals surface area contributed by atoms with Gasteiger partial charge in [0.15, 0.2) is 0 Å². The van der Waals surface area contributed by atoms with Gasteiger partial charge in [-0.25, -0.2) is 0 Å². The summed E-state index contributed by atoms with van der Waals surface area (Å²) in [5, 5.41) is 9.15. The van der Waals surface area contributed by atoms with Crippen LogP contribution in [-0.2, 0) is 11.3 Å². The molecule has 1 aromatic rings. The third kappa shape index (κ3) is 2.62. The van der Waals surface area contributed by atoms with E-state index in [0.29, 0.717) is 0 Å². The molecule has 1 fully saturated rings. The van der Waals surface area contributed by atoms with Crippen molar-refractivity contribution in [3.8, 4) is 0 Å². The molecule has 1 aliphatic rings. The highest BCUT2D eigenvalue weighted by Crippen LogP contribution is 2.23. The van der Waals surface area contributed by atoms with Crippen LogP contribution in [0.15, 0.2) is 12.1 Å². The Kier molecular flexibility index (Phi) is 3.61. The smallest absolute Gasteiger partial charge is 0.320 e. The number of likely N-dealkylation sites (tertiary alicyclic amines) is 1. The zero-order valence-corrected chi connectivity index (χ0v) is 10.3. The predicted molar refractivity (Wildman–Crippen MR) is 64.7 cm³/mol. The van der Waals surface area contributed by atoms with Crippen LogP contribution in [0.3, 0.4) is 0 Å². The lowest BCUT2D eigenvalue weighted by molar-refractivity contribution is -0.144. The molecule has 1 aliphatic heterocycles. The van der Waals surface area contributed by atoms with Crippen molar-refractivity contribution in [1.82, 2.24) is 4.90 Å². The Morgan fingerprint density at radius 3 is 3.00 bits per heavy atom. The first kappa shape index (κ1) is 11.6. The standard InChI is InChI=1S/C12H17NO2S/c1-9-5-6-10(16-9)8-13-7-3-2-4-11(13)12(14)15/h5-6,11H,2-4,7-8H2,1H3,(H,14,15)/t11-/m0/s1. The highest BCUT2D eigenvalue weighted by molar-refractivity contribution is 7.11. The van der Waals surface area contributed by atoms with E-state index in [1.165, 1.54) is 9.75 Å². The van der Waals surface area contributed by atoms with Crippen molar-refractivity contribution < 1.29 is 9.90 Å². The largest absolute Gasteiger partial charge is 0.480 e. The van der Waals surface area contributed by atoms with Crippen LogP contribution in [0.5, 0.6) is 0 Å². The molecule has 0 aliphatic carbocycles. The highest BCUT2D eigenvalue weighted by Gasteiger charge is 2.28. The Bertz CT molecular complexity index is 375. The van der Waals surface area contributed by atoms with Crippen molar-refractivity contribution in [3.63, 3.8) is 0 Å². The molecule has 3 nitrogen and oxygen atoms in total. The highest BCUT2D eigenvalue weighted by atomic mass is 32.1. The second kappa shape index (κ2) is 4.97. The van der Waals surface area contributed by atoms with E-state index in [0.717, 1.165) is 32.4 Å². The van der Waals surface area contributed by atoms with Crippen molar-refractivity contribution in [1.29, 1.82) is 0 Å². The minimum absolute atomic E-state index is 0.281. The molecule has 0 bridgehead atoms. The maximum absolute atomic E-state index is 11.1. The first-order chi connectivity index (χ1) is 7.66. The molecule has 1 N–H and O–H groups in total. The second-order valence-corrected chi connectivity index (χ2v) is 5.71. The molecule has 1 aromatic heterocycles. The number of aliphatic carboxylic acids is 1. The molecule has 1 atom stereocenters. The van der Waals surface area contributed by atoms with Gasteiger partial charge in [0.05, 0.1) is 0 Å². The van der Waals surface area contributed by atoms with Crippen molar-refractivity contribution in [2.24, 2.45) is 0 Å². The number of nitrogens with zero attached hydrogens (tertiary/aromatic N) is 1. The number of piperidine rings is 1. The van der Waals surface area contributed by atoms with Crippen LogP contribution in [0, 0.1) is 6.92 Å². The number of thiophene rings is 1. The number of carboxylic acids is 1. The molecule has 88 valence electrons. The van der Waals surface area contributed by atoms with Gasteiger partial charge in [0.25, 0.3) is 0 Å². The van der Waals surface area contributed by atoms with Gasteiger partial charge in [-0.1, -0.05) is 6.42 Å². The molecule has 0 aromatic carbocycles. The lowest BCUT2D eigenvalue weighted by Crippen LogP contribution is -2.43. The molecule has 0 saturated carbocycles. The van der Waals surface area contributed by atoms with Crippen LogP contribution in [-0.4, -0.2) is 28.6 Å². The lowest BCUT2D eigenvalue weighted by atomic mass is 10.0. The van der Waals surface area contributed by atoms with Crippen LogP contribution < -0.4 is 0 Å². The average Bonchev–Trinajstić information content (AvgIpc) is 2.64. The Labute approximate surface area is 99.7 Å². The van der Waals surface area contributed by atoms with E-state index in [2.05, 4.69) is 24.0 Å². The number of aryl methyl sites for hydroxylation is 1. The summed E-state index contributed by atoms with van der Waals surface area (Å²) < 4.78 is 0. The Morgan fingerprint density at radius 1 is 1.56 bits per heavy atom. The van der Waals surface area contributed by atoms with Crippen LogP contribution >= 0.6 is 11.3 Å². The van der Waals surface area contributed by atoms with Gasteiger partial charge >= 0.3 is 5.97 Å². The summed E-state index contributed by atoms with van der Waals surface area (Å²) in [6.45, 7) is 3.78. The molecule has 0 radical (unpaired) electrons. The fourth-order valence-corrected chi connectivity index (χ4v) is 3.15. The van der Waals surface area contributed by atoms with Gasteiger partial charge in [-0.2, -0.15) is 0 Å². The molecular formula is C12H17NO2S. The average molecular weight is 239 g/mol. The summed E-state index contributed by atoms with van der Waals surface area (Å²) in [5.41, 5.74) is 0. The fourth-order valence-electron chi connectivity index (χ4n) is 2.23. The monoisotopic (exact) mass is 239 g/mol. The van der Waals surface area contributed by atoms with Crippen molar-refractivity contribution >= 4 is 17.3 Å². The molecule has 16 heavy (non-hydrogen) atoms. The second-order valence-electron chi connectivity index (χ2n) is 4.33. The van der Waals surface area contributed by atoms with Crippen molar-refractivity contribution in [2.75, 3.05) is 6.54 Å². The minimum atomic E-state index is -0.673. The zero-order valence-electron chi connectivity index (χ0n) is 9.48. The van der Waals surface area contributed by atoms with E-state index >= 15 is 0 Å². The molecule has 4 heteroatoms. The van der Waals surface area contributed by atoms with Crippen molar-refractivity contribution in [3.05, 3.63) is 21.9 Å². The maximum Gasteiger partial charge on any atom is 0.320 e.